The zero-order valence-corrected chi connectivity index (χ0v) is 11.7. The fraction of sp³-hybridized carbons (Fsp3) is 0.273. The van der Waals surface area contributed by atoms with E-state index in [-0.39, 0.29) is 28.4 Å². The van der Waals surface area contributed by atoms with E-state index in [4.69, 9.17) is 5.11 Å². The molecule has 0 fully saturated rings. The molecule has 0 aromatic carbocycles. The number of aromatic nitrogens is 3. The maximum atomic E-state index is 12.2. The van der Waals surface area contributed by atoms with Gasteiger partial charge >= 0.3 is 5.97 Å². The summed E-state index contributed by atoms with van der Waals surface area (Å²) in [4.78, 5) is 20.1. The molecule has 0 unspecified atom stereocenters. The smallest absolute Gasteiger partial charge is 0.352 e. The number of nitrogens with one attached hydrogen (secondary N) is 3. The molecule has 20 heavy (non-hydrogen) atoms. The molecule has 0 atom stereocenters. The van der Waals surface area contributed by atoms with Crippen LogP contribution in [0.15, 0.2) is 17.4 Å². The molecule has 0 aliphatic rings. The predicted molar refractivity (Wildman–Crippen MR) is 69.8 cm³/mol. The molecule has 0 aliphatic carbocycles. The van der Waals surface area contributed by atoms with Crippen molar-refractivity contribution in [3.63, 3.8) is 0 Å². The van der Waals surface area contributed by atoms with Crippen molar-refractivity contribution < 1.29 is 18.3 Å². The molecule has 4 N–H and O–H groups in total. The van der Waals surface area contributed by atoms with E-state index in [0.717, 1.165) is 0 Å². The standard InChI is InChI=1S/C11H14N4O4S/c1-6-9(11(16)17)15-7(2)10(6)20(18,19)14-4-8-3-12-5-13-8/h3,5,14-15H,4H2,1-2H3,(H,12,13)(H,16,17). The van der Waals surface area contributed by atoms with Crippen LogP contribution in [-0.2, 0) is 16.6 Å². The van der Waals surface area contributed by atoms with Gasteiger partial charge in [-0.05, 0) is 13.8 Å². The SMILES string of the molecule is Cc1[nH]c(C(=O)O)c(C)c1S(=O)(=O)NCc1cnc[nH]1. The largest absolute Gasteiger partial charge is 0.477 e. The minimum Gasteiger partial charge on any atom is -0.477 e. The normalized spacial score (nSPS) is 11.7. The number of aromatic carboxylic acids is 1. The van der Waals surface area contributed by atoms with Crippen LogP contribution in [0.4, 0.5) is 0 Å². The number of aromatic amines is 2. The number of carboxylic acid groups (broad SMARTS) is 1. The van der Waals surface area contributed by atoms with Gasteiger partial charge in [-0.25, -0.2) is 22.9 Å². The molecule has 2 aromatic rings. The number of sulfonamides is 1. The van der Waals surface area contributed by atoms with Crippen LogP contribution in [0.1, 0.15) is 27.4 Å². The summed E-state index contributed by atoms with van der Waals surface area (Å²) >= 11 is 0. The summed E-state index contributed by atoms with van der Waals surface area (Å²) < 4.78 is 26.9. The third kappa shape index (κ3) is 2.58. The molecule has 108 valence electrons. The lowest BCUT2D eigenvalue weighted by molar-refractivity contribution is 0.0690. The first kappa shape index (κ1) is 14.3. The highest BCUT2D eigenvalue weighted by Gasteiger charge is 2.26. The van der Waals surface area contributed by atoms with Gasteiger partial charge in [0.1, 0.15) is 10.6 Å². The highest BCUT2D eigenvalue weighted by Crippen LogP contribution is 2.23. The zero-order chi connectivity index (χ0) is 14.9. The maximum absolute atomic E-state index is 12.2. The van der Waals surface area contributed by atoms with Gasteiger partial charge in [0.2, 0.25) is 10.0 Å². The molecule has 0 spiro atoms. The van der Waals surface area contributed by atoms with Gasteiger partial charge in [-0.1, -0.05) is 0 Å². The van der Waals surface area contributed by atoms with Gasteiger partial charge in [-0.15, -0.1) is 0 Å². The van der Waals surface area contributed by atoms with Gasteiger partial charge in [0.25, 0.3) is 0 Å². The fourth-order valence-electron chi connectivity index (χ4n) is 1.98. The van der Waals surface area contributed by atoms with E-state index in [9.17, 15) is 13.2 Å². The van der Waals surface area contributed by atoms with Crippen molar-refractivity contribution in [1.29, 1.82) is 0 Å². The molecule has 0 amide bonds. The number of carboxylic acids is 1. The van der Waals surface area contributed by atoms with Gasteiger partial charge in [0, 0.05) is 23.1 Å². The molecular formula is C11H14N4O4S. The molecule has 0 bridgehead atoms. The summed E-state index contributed by atoms with van der Waals surface area (Å²) in [5.41, 5.74) is 0.964. The third-order valence-electron chi connectivity index (χ3n) is 2.86. The van der Waals surface area contributed by atoms with Crippen LogP contribution in [0, 0.1) is 13.8 Å². The number of hydrogen-bond acceptors (Lipinski definition) is 4. The molecule has 0 radical (unpaired) electrons. The zero-order valence-electron chi connectivity index (χ0n) is 10.9. The van der Waals surface area contributed by atoms with Crippen molar-refractivity contribution in [1.82, 2.24) is 19.7 Å². The molecule has 0 saturated carbocycles. The van der Waals surface area contributed by atoms with Crippen LogP contribution in [0.25, 0.3) is 0 Å². The molecule has 2 heterocycles. The van der Waals surface area contributed by atoms with E-state index >= 15 is 0 Å². The van der Waals surface area contributed by atoms with E-state index in [1.165, 1.54) is 26.4 Å². The molecule has 9 heteroatoms. The Morgan fingerprint density at radius 1 is 1.45 bits per heavy atom. The first-order valence-electron chi connectivity index (χ1n) is 5.72. The Morgan fingerprint density at radius 3 is 2.65 bits per heavy atom. The predicted octanol–water partition coefficient (Wildman–Crippen LogP) is 0.531. The third-order valence-corrected chi connectivity index (χ3v) is 4.53. The molecular weight excluding hydrogens is 284 g/mol. The average Bonchev–Trinajstić information content (AvgIpc) is 2.95. The number of imidazole rings is 1. The summed E-state index contributed by atoms with van der Waals surface area (Å²) in [6.07, 6.45) is 2.95. The van der Waals surface area contributed by atoms with Crippen molar-refractivity contribution in [3.05, 3.63) is 35.2 Å². The summed E-state index contributed by atoms with van der Waals surface area (Å²) in [6, 6.07) is 0. The second-order valence-electron chi connectivity index (χ2n) is 4.29. The topological polar surface area (TPSA) is 128 Å². The maximum Gasteiger partial charge on any atom is 0.352 e. The monoisotopic (exact) mass is 298 g/mol. The van der Waals surface area contributed by atoms with E-state index in [1.807, 2.05) is 0 Å². The van der Waals surface area contributed by atoms with Crippen LogP contribution in [0.3, 0.4) is 0 Å². The highest BCUT2D eigenvalue weighted by atomic mass is 32.2. The second kappa shape index (κ2) is 5.10. The van der Waals surface area contributed by atoms with Crippen molar-refractivity contribution in [2.45, 2.75) is 25.3 Å². The van der Waals surface area contributed by atoms with E-state index in [1.54, 1.807) is 0 Å². The average molecular weight is 298 g/mol. The number of nitrogens with zero attached hydrogens (tertiary/aromatic N) is 1. The first-order chi connectivity index (χ1) is 9.33. The Bertz CT molecular complexity index is 731. The number of H-pyrrole nitrogens is 2. The lowest BCUT2D eigenvalue weighted by atomic mass is 10.2. The van der Waals surface area contributed by atoms with Crippen LogP contribution in [0.5, 0.6) is 0 Å². The molecule has 8 nitrogen and oxygen atoms in total. The molecule has 2 rings (SSSR count). The molecule has 0 aliphatic heterocycles. The summed E-state index contributed by atoms with van der Waals surface area (Å²) in [7, 11) is -3.80. The number of carbonyl (C=O) groups is 1. The van der Waals surface area contributed by atoms with Crippen LogP contribution in [0.2, 0.25) is 0 Å². The minimum absolute atomic E-state index is 0.0329. The van der Waals surface area contributed by atoms with Crippen molar-refractivity contribution >= 4 is 16.0 Å². The van der Waals surface area contributed by atoms with Crippen LogP contribution in [-0.4, -0.2) is 34.4 Å². The second-order valence-corrected chi connectivity index (χ2v) is 5.99. The highest BCUT2D eigenvalue weighted by molar-refractivity contribution is 7.89. The van der Waals surface area contributed by atoms with Gasteiger partial charge in [0.15, 0.2) is 0 Å². The fourth-order valence-corrected chi connectivity index (χ4v) is 3.43. The van der Waals surface area contributed by atoms with E-state index < -0.39 is 16.0 Å². The minimum atomic E-state index is -3.80. The van der Waals surface area contributed by atoms with Gasteiger partial charge in [-0.3, -0.25) is 0 Å². The number of rotatable bonds is 5. The van der Waals surface area contributed by atoms with Crippen LogP contribution >= 0.6 is 0 Å². The Labute approximate surface area is 115 Å². The Morgan fingerprint density at radius 2 is 2.15 bits per heavy atom. The number of hydrogen-bond donors (Lipinski definition) is 4. The van der Waals surface area contributed by atoms with Gasteiger partial charge < -0.3 is 15.1 Å². The summed E-state index contributed by atoms with van der Waals surface area (Å²) in [5, 5.41) is 8.99. The molecule has 0 saturated heterocycles. The van der Waals surface area contributed by atoms with Gasteiger partial charge in [-0.2, -0.15) is 0 Å². The quantitative estimate of drug-likeness (QED) is 0.640. The van der Waals surface area contributed by atoms with Crippen molar-refractivity contribution in [3.8, 4) is 0 Å². The lowest BCUT2D eigenvalue weighted by Crippen LogP contribution is -2.24. The van der Waals surface area contributed by atoms with E-state index in [2.05, 4.69) is 19.7 Å². The van der Waals surface area contributed by atoms with Gasteiger partial charge in [0.05, 0.1) is 12.9 Å². The summed E-state index contributed by atoms with van der Waals surface area (Å²) in [6.45, 7) is 3.02. The van der Waals surface area contributed by atoms with E-state index in [0.29, 0.717) is 5.69 Å². The van der Waals surface area contributed by atoms with Crippen molar-refractivity contribution in [2.24, 2.45) is 0 Å². The Kier molecular flexibility index (Phi) is 3.64. The lowest BCUT2D eigenvalue weighted by Gasteiger charge is -2.06. The number of aryl methyl sites for hydroxylation is 1. The Hall–Kier alpha value is -2.13. The summed E-state index contributed by atoms with van der Waals surface area (Å²) in [5.74, 6) is -1.19. The van der Waals surface area contributed by atoms with Crippen molar-refractivity contribution in [2.75, 3.05) is 0 Å². The van der Waals surface area contributed by atoms with Crippen LogP contribution < -0.4 is 4.72 Å². The Balaban J connectivity index is 2.32. The first-order valence-corrected chi connectivity index (χ1v) is 7.20. The molecule has 2 aromatic heterocycles.